The van der Waals surface area contributed by atoms with Crippen LogP contribution in [0.4, 0.5) is 4.39 Å². The van der Waals surface area contributed by atoms with Gasteiger partial charge in [-0.25, -0.2) is 4.39 Å². The second-order valence-corrected chi connectivity index (χ2v) is 3.55. The van der Waals surface area contributed by atoms with E-state index >= 15 is 0 Å². The molecule has 0 atom stereocenters. The highest BCUT2D eigenvalue weighted by Crippen LogP contribution is 2.19. The van der Waals surface area contributed by atoms with Crippen LogP contribution in [0.5, 0.6) is 0 Å². The third kappa shape index (κ3) is 1.86. The van der Waals surface area contributed by atoms with E-state index in [4.69, 9.17) is 0 Å². The van der Waals surface area contributed by atoms with Crippen LogP contribution in [0.1, 0.15) is 19.9 Å². The molecule has 0 saturated carbocycles. The zero-order chi connectivity index (χ0) is 10.8. The quantitative estimate of drug-likeness (QED) is 0.755. The minimum Gasteiger partial charge on any atom is -0.311 e. The molecule has 0 unspecified atom stereocenters. The van der Waals surface area contributed by atoms with Crippen molar-refractivity contribution < 1.29 is 4.39 Å². The average Bonchev–Trinajstić information content (AvgIpc) is 2.65. The normalized spacial score (nSPS) is 10.9. The summed E-state index contributed by atoms with van der Waals surface area (Å²) in [7, 11) is 0. The van der Waals surface area contributed by atoms with Crippen molar-refractivity contribution in [1.29, 1.82) is 0 Å². The monoisotopic (exact) mass is 206 g/mol. The Bertz CT molecular complexity index is 464. The Hall–Kier alpha value is -1.78. The fourth-order valence-electron chi connectivity index (χ4n) is 1.36. The first kappa shape index (κ1) is 9.76. The molecule has 0 amide bonds. The van der Waals surface area contributed by atoms with Gasteiger partial charge in [0.1, 0.15) is 12.1 Å². The van der Waals surface area contributed by atoms with Crippen LogP contribution >= 0.6 is 0 Å². The number of aromatic nitrogens is 4. The largest absolute Gasteiger partial charge is 0.311 e. The number of hydrogen-bond donors (Lipinski definition) is 0. The second-order valence-electron chi connectivity index (χ2n) is 3.55. The molecule has 0 aliphatic carbocycles. The summed E-state index contributed by atoms with van der Waals surface area (Å²) in [5.41, 5.74) is 0.640. The highest BCUT2D eigenvalue weighted by molar-refractivity contribution is 5.53. The molecule has 2 aromatic rings. The van der Waals surface area contributed by atoms with Crippen LogP contribution in [0.25, 0.3) is 11.4 Å². The molecule has 0 aliphatic rings. The van der Waals surface area contributed by atoms with Gasteiger partial charge in [0, 0.05) is 17.8 Å². The van der Waals surface area contributed by atoms with E-state index in [1.165, 1.54) is 12.3 Å². The maximum atomic E-state index is 13.0. The molecule has 0 aromatic carbocycles. The minimum atomic E-state index is -0.370. The van der Waals surface area contributed by atoms with E-state index in [2.05, 4.69) is 15.2 Å². The Kier molecular flexibility index (Phi) is 2.45. The number of hydrogen-bond acceptors (Lipinski definition) is 3. The second kappa shape index (κ2) is 3.76. The van der Waals surface area contributed by atoms with Crippen LogP contribution in [0.15, 0.2) is 24.8 Å². The van der Waals surface area contributed by atoms with Gasteiger partial charge in [0.25, 0.3) is 0 Å². The van der Waals surface area contributed by atoms with Crippen molar-refractivity contribution in [2.24, 2.45) is 0 Å². The van der Waals surface area contributed by atoms with Gasteiger partial charge < -0.3 is 4.57 Å². The van der Waals surface area contributed by atoms with Crippen molar-refractivity contribution >= 4 is 0 Å². The van der Waals surface area contributed by atoms with Crippen molar-refractivity contribution in [3.05, 3.63) is 30.6 Å². The molecule has 4 nitrogen and oxygen atoms in total. The summed E-state index contributed by atoms with van der Waals surface area (Å²) >= 11 is 0. The number of nitrogens with zero attached hydrogens (tertiary/aromatic N) is 4. The molecule has 0 radical (unpaired) electrons. The Labute approximate surface area is 86.8 Å². The van der Waals surface area contributed by atoms with E-state index in [9.17, 15) is 4.39 Å². The van der Waals surface area contributed by atoms with Crippen LogP contribution in [-0.4, -0.2) is 19.7 Å². The van der Waals surface area contributed by atoms with Crippen LogP contribution in [0, 0.1) is 5.82 Å². The number of halogens is 1. The van der Waals surface area contributed by atoms with Gasteiger partial charge in [-0.15, -0.1) is 10.2 Å². The van der Waals surface area contributed by atoms with Gasteiger partial charge >= 0.3 is 0 Å². The van der Waals surface area contributed by atoms with E-state index in [0.717, 1.165) is 0 Å². The van der Waals surface area contributed by atoms with E-state index in [1.54, 1.807) is 12.5 Å². The molecule has 2 rings (SSSR count). The van der Waals surface area contributed by atoms with Gasteiger partial charge in [-0.3, -0.25) is 4.98 Å². The van der Waals surface area contributed by atoms with Crippen LogP contribution in [-0.2, 0) is 0 Å². The maximum Gasteiger partial charge on any atom is 0.165 e. The Balaban J connectivity index is 2.49. The Morgan fingerprint density at radius 1 is 1.33 bits per heavy atom. The summed E-state index contributed by atoms with van der Waals surface area (Å²) in [4.78, 5) is 3.78. The Morgan fingerprint density at radius 3 is 2.80 bits per heavy atom. The first-order valence-electron chi connectivity index (χ1n) is 4.69. The molecule has 0 saturated heterocycles. The molecule has 0 bridgehead atoms. The number of pyridine rings is 1. The summed E-state index contributed by atoms with van der Waals surface area (Å²) in [6, 6.07) is 1.63. The molecule has 78 valence electrons. The van der Waals surface area contributed by atoms with Crippen LogP contribution in [0.3, 0.4) is 0 Å². The molecular weight excluding hydrogens is 195 g/mol. The molecule has 0 N–H and O–H groups in total. The Morgan fingerprint density at radius 2 is 2.13 bits per heavy atom. The third-order valence-corrected chi connectivity index (χ3v) is 2.09. The lowest BCUT2D eigenvalue weighted by Gasteiger charge is -2.09. The summed E-state index contributed by atoms with van der Waals surface area (Å²) in [6.45, 7) is 4.03. The SMILES string of the molecule is CC(C)n1cnnc1-c1cncc(F)c1. The van der Waals surface area contributed by atoms with Gasteiger partial charge in [-0.2, -0.15) is 0 Å². The van der Waals surface area contributed by atoms with Crippen molar-refractivity contribution in [2.45, 2.75) is 19.9 Å². The van der Waals surface area contributed by atoms with E-state index in [-0.39, 0.29) is 11.9 Å². The summed E-state index contributed by atoms with van der Waals surface area (Å²) < 4.78 is 14.8. The zero-order valence-electron chi connectivity index (χ0n) is 8.55. The van der Waals surface area contributed by atoms with Crippen molar-refractivity contribution in [2.75, 3.05) is 0 Å². The third-order valence-electron chi connectivity index (χ3n) is 2.09. The zero-order valence-corrected chi connectivity index (χ0v) is 8.55. The molecule has 2 aromatic heterocycles. The standard InChI is InChI=1S/C10H11FN4/c1-7(2)15-6-13-14-10(15)8-3-9(11)5-12-4-8/h3-7H,1-2H3. The van der Waals surface area contributed by atoms with Crippen molar-refractivity contribution in [1.82, 2.24) is 19.7 Å². The fourth-order valence-corrected chi connectivity index (χ4v) is 1.36. The van der Waals surface area contributed by atoms with E-state index < -0.39 is 0 Å². The first-order valence-corrected chi connectivity index (χ1v) is 4.69. The van der Waals surface area contributed by atoms with Gasteiger partial charge in [0.15, 0.2) is 5.82 Å². The molecular formula is C10H11FN4. The predicted octanol–water partition coefficient (Wildman–Crippen LogP) is 2.06. The van der Waals surface area contributed by atoms with Crippen molar-refractivity contribution in [3.63, 3.8) is 0 Å². The molecule has 15 heavy (non-hydrogen) atoms. The van der Waals surface area contributed by atoms with Crippen molar-refractivity contribution in [3.8, 4) is 11.4 Å². The summed E-state index contributed by atoms with van der Waals surface area (Å²) in [6.07, 6.45) is 4.37. The van der Waals surface area contributed by atoms with Gasteiger partial charge in [0.2, 0.25) is 0 Å². The van der Waals surface area contributed by atoms with Crippen LogP contribution in [0.2, 0.25) is 0 Å². The fraction of sp³-hybridized carbons (Fsp3) is 0.300. The van der Waals surface area contributed by atoms with Crippen LogP contribution < -0.4 is 0 Å². The lowest BCUT2D eigenvalue weighted by molar-refractivity contribution is 0.601. The highest BCUT2D eigenvalue weighted by Gasteiger charge is 2.10. The maximum absolute atomic E-state index is 13.0. The lowest BCUT2D eigenvalue weighted by atomic mass is 10.2. The molecule has 2 heterocycles. The highest BCUT2D eigenvalue weighted by atomic mass is 19.1. The lowest BCUT2D eigenvalue weighted by Crippen LogP contribution is -2.02. The van der Waals surface area contributed by atoms with E-state index in [0.29, 0.717) is 11.4 Å². The van der Waals surface area contributed by atoms with Gasteiger partial charge in [-0.1, -0.05) is 0 Å². The molecule has 0 aliphatic heterocycles. The minimum absolute atomic E-state index is 0.235. The number of rotatable bonds is 2. The average molecular weight is 206 g/mol. The van der Waals surface area contributed by atoms with Gasteiger partial charge in [0.05, 0.1) is 6.20 Å². The smallest absolute Gasteiger partial charge is 0.165 e. The molecule has 5 heteroatoms. The molecule has 0 spiro atoms. The first-order chi connectivity index (χ1) is 7.18. The van der Waals surface area contributed by atoms with Gasteiger partial charge in [-0.05, 0) is 19.9 Å². The summed E-state index contributed by atoms with van der Waals surface area (Å²) in [5, 5.41) is 7.77. The summed E-state index contributed by atoms with van der Waals surface area (Å²) in [5.74, 6) is 0.266. The topological polar surface area (TPSA) is 43.6 Å². The predicted molar refractivity (Wildman–Crippen MR) is 53.6 cm³/mol. The molecule has 0 fully saturated rings. The van der Waals surface area contributed by atoms with E-state index in [1.807, 2.05) is 18.4 Å².